The first-order chi connectivity index (χ1) is 15.0. The van der Waals surface area contributed by atoms with Crippen molar-refractivity contribution in [3.05, 3.63) is 88.9 Å². The fourth-order valence-electron chi connectivity index (χ4n) is 3.11. The second-order valence-electron chi connectivity index (χ2n) is 6.54. The summed E-state index contributed by atoms with van der Waals surface area (Å²) in [6.07, 6.45) is 0. The summed E-state index contributed by atoms with van der Waals surface area (Å²) in [6.45, 7) is 0. The Kier molecular flexibility index (Phi) is 5.60. The van der Waals surface area contributed by atoms with Crippen molar-refractivity contribution < 1.29 is 23.1 Å². The summed E-state index contributed by atoms with van der Waals surface area (Å²) in [7, 11) is 1.52. The maximum absolute atomic E-state index is 14.2. The first-order valence-corrected chi connectivity index (χ1v) is 9.58. The molecule has 0 atom stereocenters. The third kappa shape index (κ3) is 4.08. The Bertz CT molecular complexity index is 1280. The van der Waals surface area contributed by atoms with Crippen molar-refractivity contribution in [1.29, 1.82) is 0 Å². The Hall–Kier alpha value is -3.84. The number of carbonyl (C=O) groups excluding carboxylic acids is 2. The highest BCUT2D eigenvalue weighted by Gasteiger charge is 2.25. The van der Waals surface area contributed by atoms with Crippen LogP contribution in [0.3, 0.4) is 0 Å². The van der Waals surface area contributed by atoms with Gasteiger partial charge in [0.25, 0.3) is 11.8 Å². The third-order valence-electron chi connectivity index (χ3n) is 4.56. The van der Waals surface area contributed by atoms with Crippen molar-refractivity contribution in [2.75, 3.05) is 17.7 Å². The van der Waals surface area contributed by atoms with Gasteiger partial charge in [-0.1, -0.05) is 35.9 Å². The minimum Gasteiger partial charge on any atom is -0.497 e. The molecule has 0 bridgehead atoms. The van der Waals surface area contributed by atoms with Crippen LogP contribution in [0.15, 0.2) is 71.1 Å². The fourth-order valence-corrected chi connectivity index (χ4v) is 3.36. The molecule has 0 unspecified atom stereocenters. The van der Waals surface area contributed by atoms with E-state index in [1.165, 1.54) is 19.2 Å². The normalized spacial score (nSPS) is 10.7. The number of benzene rings is 3. The standard InChI is InChI=1S/C23H16ClFN2O4/c1-30-14-7-4-6-13(12-14)26-23(29)21-20(15-8-2-3-11-18(15)31-21)27-22(28)19-16(24)9-5-10-17(19)25/h2-12H,1H3,(H,26,29)(H,27,28). The van der Waals surface area contributed by atoms with Gasteiger partial charge in [0.1, 0.15) is 22.8 Å². The minimum atomic E-state index is -0.801. The summed E-state index contributed by atoms with van der Waals surface area (Å²) in [5.41, 5.74) is 0.640. The van der Waals surface area contributed by atoms with E-state index in [1.54, 1.807) is 48.5 Å². The Labute approximate surface area is 181 Å². The summed E-state index contributed by atoms with van der Waals surface area (Å²) in [5, 5.41) is 5.72. The van der Waals surface area contributed by atoms with Crippen LogP contribution in [-0.4, -0.2) is 18.9 Å². The summed E-state index contributed by atoms with van der Waals surface area (Å²) in [4.78, 5) is 25.7. The number of halogens is 2. The van der Waals surface area contributed by atoms with Crippen LogP contribution in [0.4, 0.5) is 15.8 Å². The molecule has 8 heteroatoms. The lowest BCUT2D eigenvalue weighted by molar-refractivity contribution is 0.0999. The first kappa shape index (κ1) is 20.4. The zero-order chi connectivity index (χ0) is 22.0. The van der Waals surface area contributed by atoms with E-state index in [9.17, 15) is 14.0 Å². The van der Waals surface area contributed by atoms with Gasteiger partial charge in [0, 0.05) is 17.1 Å². The van der Waals surface area contributed by atoms with Crippen molar-refractivity contribution in [3.8, 4) is 5.75 Å². The van der Waals surface area contributed by atoms with Gasteiger partial charge in [0.15, 0.2) is 0 Å². The first-order valence-electron chi connectivity index (χ1n) is 9.20. The van der Waals surface area contributed by atoms with Gasteiger partial charge in [-0.25, -0.2) is 4.39 Å². The summed E-state index contributed by atoms with van der Waals surface area (Å²) in [6, 6.07) is 17.5. The molecule has 1 aromatic heterocycles. The van der Waals surface area contributed by atoms with Crippen molar-refractivity contribution in [3.63, 3.8) is 0 Å². The predicted molar refractivity (Wildman–Crippen MR) is 117 cm³/mol. The number of anilines is 2. The van der Waals surface area contributed by atoms with Crippen LogP contribution in [0, 0.1) is 5.82 Å². The number of hydrogen-bond acceptors (Lipinski definition) is 4. The molecule has 6 nitrogen and oxygen atoms in total. The molecule has 0 radical (unpaired) electrons. The molecule has 0 aliphatic heterocycles. The third-order valence-corrected chi connectivity index (χ3v) is 4.87. The molecule has 0 aliphatic carbocycles. The number of amides is 2. The van der Waals surface area contributed by atoms with Crippen LogP contribution in [0.5, 0.6) is 5.75 Å². The van der Waals surface area contributed by atoms with Crippen LogP contribution < -0.4 is 15.4 Å². The van der Waals surface area contributed by atoms with Gasteiger partial charge < -0.3 is 19.8 Å². The number of ether oxygens (including phenoxy) is 1. The smallest absolute Gasteiger partial charge is 0.293 e. The van der Waals surface area contributed by atoms with Crippen LogP contribution >= 0.6 is 11.6 Å². The van der Waals surface area contributed by atoms with Crippen LogP contribution in [0.1, 0.15) is 20.9 Å². The van der Waals surface area contributed by atoms with Crippen molar-refractivity contribution >= 4 is 45.8 Å². The maximum Gasteiger partial charge on any atom is 0.293 e. The predicted octanol–water partition coefficient (Wildman–Crippen LogP) is 5.74. The highest BCUT2D eigenvalue weighted by Crippen LogP contribution is 2.33. The molecule has 0 saturated heterocycles. The van der Waals surface area contributed by atoms with E-state index in [1.807, 2.05) is 0 Å². The molecule has 3 aromatic carbocycles. The molecule has 4 aromatic rings. The lowest BCUT2D eigenvalue weighted by Gasteiger charge is -2.09. The fraction of sp³-hybridized carbons (Fsp3) is 0.0435. The van der Waals surface area contributed by atoms with Gasteiger partial charge in [0.2, 0.25) is 5.76 Å². The zero-order valence-corrected chi connectivity index (χ0v) is 17.0. The summed E-state index contributed by atoms with van der Waals surface area (Å²) >= 11 is 6.01. The second kappa shape index (κ2) is 8.49. The number of fused-ring (bicyclic) bond motifs is 1. The molecule has 4 rings (SSSR count). The molecule has 31 heavy (non-hydrogen) atoms. The van der Waals surface area contributed by atoms with Gasteiger partial charge in [-0.15, -0.1) is 0 Å². The molecule has 0 spiro atoms. The maximum atomic E-state index is 14.2. The molecular formula is C23H16ClFN2O4. The quantitative estimate of drug-likeness (QED) is 0.416. The van der Waals surface area contributed by atoms with E-state index in [2.05, 4.69) is 10.6 Å². The lowest BCUT2D eigenvalue weighted by Crippen LogP contribution is -2.18. The molecule has 0 aliphatic rings. The van der Waals surface area contributed by atoms with Crippen molar-refractivity contribution in [2.24, 2.45) is 0 Å². The Morgan fingerprint density at radius 2 is 1.74 bits per heavy atom. The van der Waals surface area contributed by atoms with Gasteiger partial charge >= 0.3 is 0 Å². The molecule has 1 heterocycles. The van der Waals surface area contributed by atoms with Crippen LogP contribution in [0.25, 0.3) is 11.0 Å². The number of para-hydroxylation sites is 1. The lowest BCUT2D eigenvalue weighted by atomic mass is 10.1. The van der Waals surface area contributed by atoms with Crippen LogP contribution in [-0.2, 0) is 0 Å². The number of furan rings is 1. The van der Waals surface area contributed by atoms with Crippen molar-refractivity contribution in [2.45, 2.75) is 0 Å². The largest absolute Gasteiger partial charge is 0.497 e. The minimum absolute atomic E-state index is 0.0484. The van der Waals surface area contributed by atoms with Gasteiger partial charge in [-0.3, -0.25) is 9.59 Å². The number of methoxy groups -OCH3 is 1. The number of nitrogens with one attached hydrogen (secondary N) is 2. The van der Waals surface area contributed by atoms with E-state index < -0.39 is 17.6 Å². The van der Waals surface area contributed by atoms with E-state index in [4.69, 9.17) is 20.8 Å². The van der Waals surface area contributed by atoms with E-state index in [0.717, 1.165) is 6.07 Å². The monoisotopic (exact) mass is 438 g/mol. The average Bonchev–Trinajstić information content (AvgIpc) is 3.12. The molecule has 156 valence electrons. The Morgan fingerprint density at radius 3 is 2.52 bits per heavy atom. The topological polar surface area (TPSA) is 80.6 Å². The molecule has 2 amide bonds. The van der Waals surface area contributed by atoms with Gasteiger partial charge in [-0.05, 0) is 36.4 Å². The second-order valence-corrected chi connectivity index (χ2v) is 6.95. The van der Waals surface area contributed by atoms with Gasteiger partial charge in [0.05, 0.1) is 17.7 Å². The van der Waals surface area contributed by atoms with Crippen molar-refractivity contribution in [1.82, 2.24) is 0 Å². The van der Waals surface area contributed by atoms with E-state index in [0.29, 0.717) is 22.4 Å². The summed E-state index contributed by atoms with van der Waals surface area (Å²) < 4.78 is 25.1. The Balaban J connectivity index is 1.72. The SMILES string of the molecule is COc1cccc(NC(=O)c2oc3ccccc3c2NC(=O)c2c(F)cccc2Cl)c1. The highest BCUT2D eigenvalue weighted by atomic mass is 35.5. The molecular weight excluding hydrogens is 423 g/mol. The molecule has 0 fully saturated rings. The number of rotatable bonds is 5. The average molecular weight is 439 g/mol. The van der Waals surface area contributed by atoms with Gasteiger partial charge in [-0.2, -0.15) is 0 Å². The molecule has 0 saturated carbocycles. The van der Waals surface area contributed by atoms with E-state index in [-0.39, 0.29) is 22.0 Å². The number of carbonyl (C=O) groups is 2. The summed E-state index contributed by atoms with van der Waals surface area (Å²) in [5.74, 6) is -1.75. The Morgan fingerprint density at radius 1 is 0.968 bits per heavy atom. The highest BCUT2D eigenvalue weighted by molar-refractivity contribution is 6.34. The van der Waals surface area contributed by atoms with E-state index >= 15 is 0 Å². The van der Waals surface area contributed by atoms with Crippen LogP contribution in [0.2, 0.25) is 5.02 Å². The zero-order valence-electron chi connectivity index (χ0n) is 16.2. The number of hydrogen-bond donors (Lipinski definition) is 2. The molecule has 2 N–H and O–H groups in total.